The van der Waals surface area contributed by atoms with E-state index in [1.54, 1.807) is 25.4 Å². The first-order valence-corrected chi connectivity index (χ1v) is 10.0. The quantitative estimate of drug-likeness (QED) is 0.644. The van der Waals surface area contributed by atoms with Crippen LogP contribution in [0.25, 0.3) is 17.1 Å². The van der Waals surface area contributed by atoms with E-state index in [-0.39, 0.29) is 11.5 Å². The number of H-pyrrole nitrogens is 1. The Hall–Kier alpha value is -3.23. The molecule has 5 rings (SSSR count). The van der Waals surface area contributed by atoms with Crippen LogP contribution in [0.15, 0.2) is 36.2 Å². The molecular formula is C22H23N5O3. The van der Waals surface area contributed by atoms with Crippen molar-refractivity contribution in [3.63, 3.8) is 0 Å². The second-order valence-corrected chi connectivity index (χ2v) is 7.66. The van der Waals surface area contributed by atoms with Gasteiger partial charge in [0, 0.05) is 49.9 Å². The number of fused-ring (bicyclic) bond motifs is 2. The van der Waals surface area contributed by atoms with E-state index in [4.69, 9.17) is 9.47 Å². The van der Waals surface area contributed by atoms with Gasteiger partial charge in [-0.15, -0.1) is 0 Å². The molecule has 0 amide bonds. The van der Waals surface area contributed by atoms with Crippen molar-refractivity contribution in [2.45, 2.75) is 19.5 Å². The van der Waals surface area contributed by atoms with Crippen LogP contribution in [0.2, 0.25) is 0 Å². The van der Waals surface area contributed by atoms with E-state index in [9.17, 15) is 4.79 Å². The van der Waals surface area contributed by atoms with Gasteiger partial charge in [0.05, 0.1) is 23.9 Å². The van der Waals surface area contributed by atoms with Crippen molar-refractivity contribution in [3.8, 4) is 11.5 Å². The molecule has 0 bridgehead atoms. The third-order valence-electron chi connectivity index (χ3n) is 5.59. The van der Waals surface area contributed by atoms with Gasteiger partial charge < -0.3 is 14.8 Å². The van der Waals surface area contributed by atoms with Gasteiger partial charge in [-0.25, -0.2) is 4.98 Å². The molecule has 8 heteroatoms. The Bertz CT molecular complexity index is 1150. The summed E-state index contributed by atoms with van der Waals surface area (Å²) in [5.41, 5.74) is 2.74. The monoisotopic (exact) mass is 405 g/mol. The van der Waals surface area contributed by atoms with Crippen molar-refractivity contribution in [1.29, 1.82) is 0 Å². The second-order valence-electron chi connectivity index (χ2n) is 7.66. The van der Waals surface area contributed by atoms with Crippen molar-refractivity contribution >= 4 is 22.9 Å². The topological polar surface area (TPSA) is 92.4 Å². The number of nitrogens with one attached hydrogen (secondary N) is 2. The fourth-order valence-corrected chi connectivity index (χ4v) is 4.12. The summed E-state index contributed by atoms with van der Waals surface area (Å²) in [4.78, 5) is 19.6. The highest BCUT2D eigenvalue weighted by Crippen LogP contribution is 2.40. The van der Waals surface area contributed by atoms with Crippen LogP contribution in [0.5, 0.6) is 11.5 Å². The van der Waals surface area contributed by atoms with Crippen molar-refractivity contribution < 1.29 is 14.3 Å². The Balaban J connectivity index is 1.50. The van der Waals surface area contributed by atoms with Crippen LogP contribution in [-0.2, 0) is 6.54 Å². The smallest absolute Gasteiger partial charge is 0.232 e. The van der Waals surface area contributed by atoms with E-state index in [0.29, 0.717) is 35.2 Å². The Morgan fingerprint density at radius 2 is 2.27 bits per heavy atom. The molecule has 4 heterocycles. The maximum absolute atomic E-state index is 13.0. The Morgan fingerprint density at radius 1 is 1.37 bits per heavy atom. The fraction of sp³-hybridized carbons (Fsp3) is 0.318. The summed E-state index contributed by atoms with van der Waals surface area (Å²) in [6, 6.07) is 7.78. The predicted octanol–water partition coefficient (Wildman–Crippen LogP) is 2.38. The number of ether oxygens (including phenoxy) is 2. The Labute approximate surface area is 173 Å². The first kappa shape index (κ1) is 18.8. The maximum atomic E-state index is 13.0. The largest absolute Gasteiger partial charge is 0.496 e. The average Bonchev–Trinajstić information content (AvgIpc) is 3.30. The van der Waals surface area contributed by atoms with E-state index in [2.05, 4.69) is 32.3 Å². The molecule has 0 spiro atoms. The lowest BCUT2D eigenvalue weighted by molar-refractivity contribution is 0.101. The maximum Gasteiger partial charge on any atom is 0.232 e. The molecule has 1 saturated heterocycles. The number of hydrogen-bond acceptors (Lipinski definition) is 7. The minimum Gasteiger partial charge on any atom is -0.496 e. The number of nitrogens with zero attached hydrogens (tertiary/aromatic N) is 3. The van der Waals surface area contributed by atoms with Crippen LogP contribution in [0.1, 0.15) is 28.5 Å². The number of carbonyl (C=O) groups is 1. The zero-order valence-corrected chi connectivity index (χ0v) is 16.9. The van der Waals surface area contributed by atoms with Crippen LogP contribution in [0.4, 0.5) is 0 Å². The van der Waals surface area contributed by atoms with Gasteiger partial charge in [-0.1, -0.05) is 0 Å². The number of aromatic nitrogens is 3. The number of pyridine rings is 1. The molecule has 0 saturated carbocycles. The third kappa shape index (κ3) is 3.24. The molecule has 0 radical (unpaired) electrons. The van der Waals surface area contributed by atoms with E-state index in [1.807, 2.05) is 18.2 Å². The Kier molecular flexibility index (Phi) is 4.72. The van der Waals surface area contributed by atoms with Gasteiger partial charge >= 0.3 is 0 Å². The Morgan fingerprint density at radius 3 is 3.10 bits per heavy atom. The molecule has 154 valence electrons. The highest BCUT2D eigenvalue weighted by Gasteiger charge is 2.32. The normalized spacial score (nSPS) is 20.5. The van der Waals surface area contributed by atoms with Crippen LogP contribution in [0, 0.1) is 0 Å². The van der Waals surface area contributed by atoms with Crippen molar-refractivity contribution in [2.75, 3.05) is 26.7 Å². The standard InChI is InChI=1S/C22H23N5O3/c1-13-11-27(9-8-23-13)12-16-18(29-2)6-5-15-20(28)19(30-21(15)16)10-17-14-4-3-7-24-22(14)26-25-17/h3-7,10,13,23H,8-9,11-12H2,1-2H3,(H,24,25,26)/t13-/m0/s1. The molecule has 2 aromatic heterocycles. The number of rotatable bonds is 4. The van der Waals surface area contributed by atoms with E-state index in [0.717, 1.165) is 36.3 Å². The number of piperazine rings is 1. The molecule has 0 aliphatic carbocycles. The zero-order chi connectivity index (χ0) is 20.7. The van der Waals surface area contributed by atoms with Gasteiger partial charge in [0.1, 0.15) is 11.5 Å². The molecule has 2 aliphatic heterocycles. The summed E-state index contributed by atoms with van der Waals surface area (Å²) in [5, 5.41) is 11.4. The molecule has 2 N–H and O–H groups in total. The number of benzene rings is 1. The molecule has 1 atom stereocenters. The zero-order valence-electron chi connectivity index (χ0n) is 16.9. The number of Topliss-reactive ketones (excluding diaryl/α,β-unsaturated/α-hetero) is 1. The summed E-state index contributed by atoms with van der Waals surface area (Å²) in [7, 11) is 1.64. The lowest BCUT2D eigenvalue weighted by Crippen LogP contribution is -2.48. The summed E-state index contributed by atoms with van der Waals surface area (Å²) in [6.45, 7) is 5.62. The van der Waals surface area contributed by atoms with Gasteiger partial charge in [-0.3, -0.25) is 14.8 Å². The van der Waals surface area contributed by atoms with Gasteiger partial charge in [-0.2, -0.15) is 5.10 Å². The molecule has 1 aromatic carbocycles. The predicted molar refractivity (Wildman–Crippen MR) is 113 cm³/mol. The van der Waals surface area contributed by atoms with Gasteiger partial charge in [0.2, 0.25) is 5.78 Å². The van der Waals surface area contributed by atoms with Crippen LogP contribution >= 0.6 is 0 Å². The molecule has 8 nitrogen and oxygen atoms in total. The molecule has 2 aliphatic rings. The van der Waals surface area contributed by atoms with E-state index < -0.39 is 0 Å². The van der Waals surface area contributed by atoms with Gasteiger partial charge in [0.25, 0.3) is 0 Å². The highest BCUT2D eigenvalue weighted by atomic mass is 16.5. The van der Waals surface area contributed by atoms with Crippen LogP contribution in [0.3, 0.4) is 0 Å². The summed E-state index contributed by atoms with van der Waals surface area (Å²) in [5.74, 6) is 1.41. The van der Waals surface area contributed by atoms with Gasteiger partial charge in [0.15, 0.2) is 11.4 Å². The number of aromatic amines is 1. The first-order chi connectivity index (χ1) is 14.6. The lowest BCUT2D eigenvalue weighted by Gasteiger charge is -2.32. The molecular weight excluding hydrogens is 382 g/mol. The summed E-state index contributed by atoms with van der Waals surface area (Å²) in [6.07, 6.45) is 3.37. The average molecular weight is 405 g/mol. The number of carbonyl (C=O) groups excluding carboxylic acids is 1. The molecule has 0 unspecified atom stereocenters. The van der Waals surface area contributed by atoms with Crippen molar-refractivity contribution in [2.24, 2.45) is 0 Å². The first-order valence-electron chi connectivity index (χ1n) is 10.0. The SMILES string of the molecule is COc1ccc2c(c1CN1CCN[C@@H](C)C1)OC(=Cc1n[nH]c3ncccc13)C2=O. The molecule has 1 fully saturated rings. The van der Waals surface area contributed by atoms with E-state index >= 15 is 0 Å². The minimum atomic E-state index is -0.150. The number of methoxy groups -OCH3 is 1. The highest BCUT2D eigenvalue weighted by molar-refractivity contribution is 6.15. The van der Waals surface area contributed by atoms with Crippen LogP contribution in [-0.4, -0.2) is 58.7 Å². The molecule has 30 heavy (non-hydrogen) atoms. The van der Waals surface area contributed by atoms with Crippen molar-refractivity contribution in [1.82, 2.24) is 25.4 Å². The second kappa shape index (κ2) is 7.55. The van der Waals surface area contributed by atoms with E-state index in [1.165, 1.54) is 0 Å². The number of ketones is 1. The van der Waals surface area contributed by atoms with Crippen molar-refractivity contribution in [3.05, 3.63) is 53.0 Å². The minimum absolute atomic E-state index is 0.150. The number of hydrogen-bond donors (Lipinski definition) is 2. The fourth-order valence-electron chi connectivity index (χ4n) is 4.12. The number of allylic oxidation sites excluding steroid dienone is 1. The van der Waals surface area contributed by atoms with Crippen LogP contribution < -0.4 is 14.8 Å². The molecule has 3 aromatic rings. The summed E-state index contributed by atoms with van der Waals surface area (Å²) < 4.78 is 11.7. The lowest BCUT2D eigenvalue weighted by atomic mass is 10.0. The third-order valence-corrected chi connectivity index (χ3v) is 5.59. The van der Waals surface area contributed by atoms with Gasteiger partial charge in [-0.05, 0) is 31.2 Å². The summed E-state index contributed by atoms with van der Waals surface area (Å²) >= 11 is 0.